The first-order chi connectivity index (χ1) is 9.90. The van der Waals surface area contributed by atoms with Crippen LogP contribution in [0.25, 0.3) is 0 Å². The van der Waals surface area contributed by atoms with Crippen LogP contribution in [0.2, 0.25) is 0 Å². The lowest BCUT2D eigenvalue weighted by atomic mass is 9.96. The lowest BCUT2D eigenvalue weighted by Gasteiger charge is -2.15. The van der Waals surface area contributed by atoms with E-state index < -0.39 is 23.4 Å². The molecule has 0 fully saturated rings. The number of carbonyl (C=O) groups excluding carboxylic acids is 1. The first-order valence-electron chi connectivity index (χ1n) is 7.14. The van der Waals surface area contributed by atoms with E-state index in [1.807, 2.05) is 6.92 Å². The molecule has 0 N–H and O–H groups in total. The number of benzene rings is 1. The van der Waals surface area contributed by atoms with Gasteiger partial charge in [-0.2, -0.15) is 8.78 Å². The number of rotatable bonds is 7. The van der Waals surface area contributed by atoms with E-state index in [1.54, 1.807) is 0 Å². The van der Waals surface area contributed by atoms with Crippen LogP contribution in [0.5, 0.6) is 11.5 Å². The highest BCUT2D eigenvalue weighted by atomic mass is 19.2. The molecule has 5 heteroatoms. The minimum atomic E-state index is -1.21. The second-order valence-corrected chi connectivity index (χ2v) is 5.39. The number of methoxy groups -OCH3 is 1. The van der Waals surface area contributed by atoms with Crippen LogP contribution < -0.4 is 9.47 Å². The van der Waals surface area contributed by atoms with E-state index in [4.69, 9.17) is 4.74 Å². The molecule has 0 aromatic heterocycles. The fraction of sp³-hybridized carbons (Fsp3) is 0.562. The summed E-state index contributed by atoms with van der Waals surface area (Å²) >= 11 is 0. The third-order valence-electron chi connectivity index (χ3n) is 3.36. The molecule has 1 unspecified atom stereocenters. The molecule has 1 aromatic rings. The van der Waals surface area contributed by atoms with Crippen LogP contribution in [-0.2, 0) is 4.79 Å². The Hall–Kier alpha value is -1.65. The van der Waals surface area contributed by atoms with Gasteiger partial charge in [-0.3, -0.25) is 4.79 Å². The van der Waals surface area contributed by atoms with Gasteiger partial charge in [0.2, 0.25) is 11.6 Å². The van der Waals surface area contributed by atoms with Crippen molar-refractivity contribution < 1.29 is 23.0 Å². The number of hydrogen-bond donors (Lipinski definition) is 0. The third-order valence-corrected chi connectivity index (χ3v) is 3.36. The summed E-state index contributed by atoms with van der Waals surface area (Å²) in [6.07, 6.45) is 2.16. The molecule has 0 saturated heterocycles. The highest BCUT2D eigenvalue weighted by molar-refractivity contribution is 5.75. The Morgan fingerprint density at radius 1 is 1.14 bits per heavy atom. The second-order valence-electron chi connectivity index (χ2n) is 5.39. The Labute approximate surface area is 124 Å². The van der Waals surface area contributed by atoms with Crippen molar-refractivity contribution in [1.29, 1.82) is 0 Å². The Balaban J connectivity index is 2.80. The van der Waals surface area contributed by atoms with Crippen LogP contribution in [0, 0.1) is 23.5 Å². The third kappa shape index (κ3) is 4.69. The molecule has 1 aromatic carbocycles. The van der Waals surface area contributed by atoms with E-state index in [9.17, 15) is 13.6 Å². The zero-order valence-corrected chi connectivity index (χ0v) is 12.9. The smallest absolute Gasteiger partial charge is 0.314 e. The first kappa shape index (κ1) is 17.4. The van der Waals surface area contributed by atoms with Crippen molar-refractivity contribution in [3.8, 4) is 11.5 Å². The summed E-state index contributed by atoms with van der Waals surface area (Å²) in [4.78, 5) is 12.0. The number of esters is 1. The molecule has 0 aliphatic heterocycles. The quantitative estimate of drug-likeness (QED) is 0.555. The molecule has 0 heterocycles. The lowest BCUT2D eigenvalue weighted by Crippen LogP contribution is -2.21. The topological polar surface area (TPSA) is 35.5 Å². The van der Waals surface area contributed by atoms with Crippen LogP contribution in [0.4, 0.5) is 8.78 Å². The molecule has 0 amide bonds. The summed E-state index contributed by atoms with van der Waals surface area (Å²) in [5.74, 6) is -3.35. The molecule has 3 nitrogen and oxygen atoms in total. The lowest BCUT2D eigenvalue weighted by molar-refractivity contribution is -0.139. The van der Waals surface area contributed by atoms with Gasteiger partial charge in [-0.05, 0) is 30.9 Å². The molecular weight excluding hydrogens is 278 g/mol. The van der Waals surface area contributed by atoms with E-state index in [2.05, 4.69) is 18.6 Å². The molecule has 0 radical (unpaired) electrons. The zero-order chi connectivity index (χ0) is 16.0. The average molecular weight is 300 g/mol. The molecular formula is C16H22F2O3. The van der Waals surface area contributed by atoms with Gasteiger partial charge in [0.15, 0.2) is 11.5 Å². The van der Waals surface area contributed by atoms with Gasteiger partial charge in [0.05, 0.1) is 13.0 Å². The van der Waals surface area contributed by atoms with Gasteiger partial charge >= 0.3 is 5.97 Å². The summed E-state index contributed by atoms with van der Waals surface area (Å²) in [6.45, 7) is 6.00. The van der Waals surface area contributed by atoms with Crippen molar-refractivity contribution in [2.45, 2.75) is 40.0 Å². The van der Waals surface area contributed by atoms with Crippen LogP contribution in [0.1, 0.15) is 40.0 Å². The summed E-state index contributed by atoms with van der Waals surface area (Å²) in [6, 6.07) is 2.43. The van der Waals surface area contributed by atoms with Gasteiger partial charge in [0.1, 0.15) is 0 Å². The number of halogens is 2. The van der Waals surface area contributed by atoms with Crippen LogP contribution in [-0.4, -0.2) is 13.1 Å². The number of hydrogen-bond acceptors (Lipinski definition) is 3. The molecule has 0 aliphatic carbocycles. The first-order valence-corrected chi connectivity index (χ1v) is 7.14. The molecule has 0 saturated carbocycles. The average Bonchev–Trinajstić information content (AvgIpc) is 2.44. The van der Waals surface area contributed by atoms with Crippen molar-refractivity contribution in [3.63, 3.8) is 0 Å². The van der Waals surface area contributed by atoms with Crippen molar-refractivity contribution in [2.75, 3.05) is 7.11 Å². The molecule has 0 spiro atoms. The SMILES string of the molecule is CCC(CCC(C)C)C(=O)Oc1ccc(OC)c(F)c1F. The van der Waals surface area contributed by atoms with Crippen molar-refractivity contribution >= 4 is 5.97 Å². The normalized spacial score (nSPS) is 12.3. The Morgan fingerprint density at radius 2 is 1.71 bits per heavy atom. The van der Waals surface area contributed by atoms with E-state index in [0.29, 0.717) is 18.8 Å². The highest BCUT2D eigenvalue weighted by Crippen LogP contribution is 2.28. The minimum absolute atomic E-state index is 0.223. The van der Waals surface area contributed by atoms with Crippen molar-refractivity contribution in [2.24, 2.45) is 11.8 Å². The Morgan fingerprint density at radius 3 is 2.24 bits per heavy atom. The van der Waals surface area contributed by atoms with E-state index in [0.717, 1.165) is 6.42 Å². The molecule has 118 valence electrons. The molecule has 0 bridgehead atoms. The highest BCUT2D eigenvalue weighted by Gasteiger charge is 2.22. The summed E-state index contributed by atoms with van der Waals surface area (Å²) < 4.78 is 37.0. The maximum absolute atomic E-state index is 13.8. The molecule has 1 rings (SSSR count). The van der Waals surface area contributed by atoms with Gasteiger partial charge in [-0.25, -0.2) is 0 Å². The fourth-order valence-corrected chi connectivity index (χ4v) is 1.97. The van der Waals surface area contributed by atoms with Gasteiger partial charge in [-0.1, -0.05) is 27.2 Å². The van der Waals surface area contributed by atoms with Crippen LogP contribution in [0.15, 0.2) is 12.1 Å². The maximum atomic E-state index is 13.8. The molecule has 0 aliphatic rings. The Bertz CT molecular complexity index is 487. The summed E-state index contributed by atoms with van der Waals surface area (Å²) in [7, 11) is 1.24. The number of carbonyl (C=O) groups is 1. The van der Waals surface area contributed by atoms with E-state index >= 15 is 0 Å². The monoisotopic (exact) mass is 300 g/mol. The zero-order valence-electron chi connectivity index (χ0n) is 12.9. The standard InChI is InChI=1S/C16H22F2O3/c1-5-11(7-6-10(2)3)16(19)21-13-9-8-12(20-4)14(17)15(13)18/h8-11H,5-7H2,1-4H3. The predicted molar refractivity (Wildman–Crippen MR) is 76.4 cm³/mol. The molecule has 21 heavy (non-hydrogen) atoms. The van der Waals surface area contributed by atoms with Crippen LogP contribution in [0.3, 0.4) is 0 Å². The van der Waals surface area contributed by atoms with Crippen LogP contribution >= 0.6 is 0 Å². The fourth-order valence-electron chi connectivity index (χ4n) is 1.97. The minimum Gasteiger partial charge on any atom is -0.494 e. The number of ether oxygens (including phenoxy) is 2. The predicted octanol–water partition coefficient (Wildman–Crippen LogP) is 4.34. The van der Waals surface area contributed by atoms with Gasteiger partial charge < -0.3 is 9.47 Å². The van der Waals surface area contributed by atoms with Gasteiger partial charge in [0, 0.05) is 0 Å². The van der Waals surface area contributed by atoms with Crippen molar-refractivity contribution in [1.82, 2.24) is 0 Å². The largest absolute Gasteiger partial charge is 0.494 e. The van der Waals surface area contributed by atoms with E-state index in [1.165, 1.54) is 19.2 Å². The summed E-state index contributed by atoms with van der Waals surface area (Å²) in [5.41, 5.74) is 0. The van der Waals surface area contributed by atoms with Gasteiger partial charge in [-0.15, -0.1) is 0 Å². The Kier molecular flexibility index (Phi) is 6.59. The van der Waals surface area contributed by atoms with Gasteiger partial charge in [0.25, 0.3) is 0 Å². The van der Waals surface area contributed by atoms with Crippen molar-refractivity contribution in [3.05, 3.63) is 23.8 Å². The molecule has 1 atom stereocenters. The second kappa shape index (κ2) is 7.96. The van der Waals surface area contributed by atoms with E-state index in [-0.39, 0.29) is 11.7 Å². The summed E-state index contributed by atoms with van der Waals surface area (Å²) in [5, 5.41) is 0. The maximum Gasteiger partial charge on any atom is 0.314 e.